The van der Waals surface area contributed by atoms with Crippen molar-refractivity contribution in [2.45, 2.75) is 6.92 Å². The molecule has 0 fully saturated rings. The van der Waals surface area contributed by atoms with Crippen molar-refractivity contribution in [1.29, 1.82) is 0 Å². The highest BCUT2D eigenvalue weighted by Crippen LogP contribution is 2.32. The van der Waals surface area contributed by atoms with Gasteiger partial charge in [0.1, 0.15) is 11.3 Å². The van der Waals surface area contributed by atoms with Gasteiger partial charge in [0, 0.05) is 42.2 Å². The minimum atomic E-state index is 0.788. The molecule has 4 heteroatoms. The monoisotopic (exact) mass is 307 g/mol. The molecule has 0 aliphatic rings. The summed E-state index contributed by atoms with van der Waals surface area (Å²) < 4.78 is 5.44. The highest BCUT2D eigenvalue weighted by molar-refractivity contribution is 5.96. The van der Waals surface area contributed by atoms with Crippen LogP contribution in [-0.4, -0.2) is 26.2 Å². The number of pyridine rings is 1. The molecular weight excluding hydrogens is 286 g/mol. The number of hydrogen-bond acceptors (Lipinski definition) is 4. The predicted octanol–water partition coefficient (Wildman–Crippen LogP) is 4.36. The van der Waals surface area contributed by atoms with E-state index in [9.17, 15) is 0 Å². The number of methoxy groups -OCH3 is 1. The molecule has 0 atom stereocenters. The van der Waals surface area contributed by atoms with Gasteiger partial charge in [0.05, 0.1) is 7.11 Å². The lowest BCUT2D eigenvalue weighted by atomic mass is 10.1. The Balaban J connectivity index is 2.08. The molecule has 3 rings (SSSR count). The molecule has 2 aromatic carbocycles. The summed E-state index contributed by atoms with van der Waals surface area (Å²) in [5.74, 6) is 0.788. The maximum absolute atomic E-state index is 5.44. The summed E-state index contributed by atoms with van der Waals surface area (Å²) >= 11 is 0. The molecule has 23 heavy (non-hydrogen) atoms. The van der Waals surface area contributed by atoms with Crippen LogP contribution in [0.2, 0.25) is 0 Å². The molecular formula is C19H21N3O. The molecule has 1 N–H and O–H groups in total. The number of anilines is 3. The number of benzene rings is 2. The van der Waals surface area contributed by atoms with Crippen molar-refractivity contribution < 1.29 is 4.74 Å². The summed E-state index contributed by atoms with van der Waals surface area (Å²) in [5, 5.41) is 4.56. The molecule has 0 saturated heterocycles. The molecule has 0 spiro atoms. The Kier molecular flexibility index (Phi) is 4.06. The van der Waals surface area contributed by atoms with Crippen LogP contribution in [-0.2, 0) is 0 Å². The van der Waals surface area contributed by atoms with Crippen LogP contribution in [0.15, 0.2) is 48.5 Å². The van der Waals surface area contributed by atoms with Crippen LogP contribution >= 0.6 is 0 Å². The summed E-state index contributed by atoms with van der Waals surface area (Å²) in [5.41, 5.74) is 5.06. The minimum Gasteiger partial charge on any atom is -0.494 e. The number of rotatable bonds is 4. The average molecular weight is 307 g/mol. The largest absolute Gasteiger partial charge is 0.494 e. The van der Waals surface area contributed by atoms with Gasteiger partial charge >= 0.3 is 0 Å². The number of fused-ring (bicyclic) bond motifs is 1. The number of nitrogens with zero attached hydrogens (tertiary/aromatic N) is 2. The Hall–Kier alpha value is -2.75. The molecule has 0 bridgehead atoms. The topological polar surface area (TPSA) is 37.4 Å². The van der Waals surface area contributed by atoms with Gasteiger partial charge in [-0.05, 0) is 37.3 Å². The first-order valence-corrected chi connectivity index (χ1v) is 7.57. The highest BCUT2D eigenvalue weighted by Gasteiger charge is 2.09. The second-order valence-corrected chi connectivity index (χ2v) is 5.74. The molecule has 0 unspecified atom stereocenters. The van der Waals surface area contributed by atoms with Gasteiger partial charge in [-0.15, -0.1) is 0 Å². The van der Waals surface area contributed by atoms with Crippen molar-refractivity contribution in [3.63, 3.8) is 0 Å². The zero-order valence-corrected chi connectivity index (χ0v) is 13.9. The lowest BCUT2D eigenvalue weighted by molar-refractivity contribution is 0.419. The van der Waals surface area contributed by atoms with Crippen molar-refractivity contribution in [2.75, 3.05) is 31.4 Å². The Labute approximate surface area is 136 Å². The van der Waals surface area contributed by atoms with Crippen molar-refractivity contribution in [2.24, 2.45) is 0 Å². The van der Waals surface area contributed by atoms with Crippen molar-refractivity contribution in [3.05, 3.63) is 54.2 Å². The molecule has 118 valence electrons. The van der Waals surface area contributed by atoms with E-state index >= 15 is 0 Å². The van der Waals surface area contributed by atoms with E-state index in [1.54, 1.807) is 7.11 Å². The molecule has 1 aromatic heterocycles. The Morgan fingerprint density at radius 2 is 1.83 bits per heavy atom. The van der Waals surface area contributed by atoms with Crippen molar-refractivity contribution in [3.8, 4) is 5.75 Å². The van der Waals surface area contributed by atoms with E-state index in [0.717, 1.165) is 39.4 Å². The normalized spacial score (nSPS) is 10.6. The molecule has 3 aromatic rings. The first-order chi connectivity index (χ1) is 11.1. The molecule has 1 heterocycles. The molecule has 0 aliphatic carbocycles. The maximum Gasteiger partial charge on any atom is 0.145 e. The summed E-state index contributed by atoms with van der Waals surface area (Å²) in [7, 11) is 5.75. The number of ether oxygens (including phenoxy) is 1. The average Bonchev–Trinajstić information content (AvgIpc) is 2.54. The van der Waals surface area contributed by atoms with Gasteiger partial charge in [0.2, 0.25) is 0 Å². The van der Waals surface area contributed by atoms with Crippen LogP contribution in [0.5, 0.6) is 5.75 Å². The van der Waals surface area contributed by atoms with Crippen LogP contribution in [0.1, 0.15) is 5.69 Å². The van der Waals surface area contributed by atoms with Crippen LogP contribution < -0.4 is 15.0 Å². The Morgan fingerprint density at radius 3 is 2.57 bits per heavy atom. The fraction of sp³-hybridized carbons (Fsp3) is 0.211. The zero-order chi connectivity index (χ0) is 16.4. The van der Waals surface area contributed by atoms with E-state index < -0.39 is 0 Å². The molecule has 0 amide bonds. The van der Waals surface area contributed by atoms with E-state index in [4.69, 9.17) is 4.74 Å². The van der Waals surface area contributed by atoms with Gasteiger partial charge in [0.25, 0.3) is 0 Å². The zero-order valence-electron chi connectivity index (χ0n) is 13.9. The first-order valence-electron chi connectivity index (χ1n) is 7.57. The second kappa shape index (κ2) is 6.16. The van der Waals surface area contributed by atoms with Crippen LogP contribution in [0, 0.1) is 6.92 Å². The lowest BCUT2D eigenvalue weighted by Gasteiger charge is -2.16. The van der Waals surface area contributed by atoms with Crippen molar-refractivity contribution >= 4 is 28.0 Å². The Morgan fingerprint density at radius 1 is 1.04 bits per heavy atom. The number of aryl methyl sites for hydroxylation is 1. The number of nitrogens with one attached hydrogen (secondary N) is 1. The highest BCUT2D eigenvalue weighted by atomic mass is 16.5. The molecule has 0 saturated carbocycles. The maximum atomic E-state index is 5.44. The van der Waals surface area contributed by atoms with E-state index in [1.807, 2.05) is 33.2 Å². The summed E-state index contributed by atoms with van der Waals surface area (Å²) in [6.45, 7) is 1.99. The minimum absolute atomic E-state index is 0.788. The fourth-order valence-electron chi connectivity index (χ4n) is 2.64. The fourth-order valence-corrected chi connectivity index (χ4v) is 2.64. The third kappa shape index (κ3) is 3.06. The molecule has 0 aliphatic heterocycles. The van der Waals surface area contributed by atoms with E-state index in [2.05, 4.69) is 51.6 Å². The summed E-state index contributed by atoms with van der Waals surface area (Å²) in [6, 6.07) is 16.4. The second-order valence-electron chi connectivity index (χ2n) is 5.74. The van der Waals surface area contributed by atoms with E-state index in [0.29, 0.717) is 0 Å². The predicted molar refractivity (Wildman–Crippen MR) is 97.1 cm³/mol. The third-order valence-electron chi connectivity index (χ3n) is 3.79. The SMILES string of the molecule is COc1cccc2c(Nc3cccc(N(C)C)c3)cc(C)nc12. The smallest absolute Gasteiger partial charge is 0.145 e. The van der Waals surface area contributed by atoms with E-state index in [-0.39, 0.29) is 0 Å². The first kappa shape index (κ1) is 15.2. The van der Waals surface area contributed by atoms with E-state index in [1.165, 1.54) is 0 Å². The lowest BCUT2D eigenvalue weighted by Crippen LogP contribution is -2.08. The molecule has 4 nitrogen and oxygen atoms in total. The Bertz CT molecular complexity index is 843. The summed E-state index contributed by atoms with van der Waals surface area (Å²) in [6.07, 6.45) is 0. The van der Waals surface area contributed by atoms with Crippen LogP contribution in [0.3, 0.4) is 0 Å². The number of aromatic nitrogens is 1. The number of hydrogen-bond donors (Lipinski definition) is 1. The quantitative estimate of drug-likeness (QED) is 0.777. The van der Waals surface area contributed by atoms with Crippen LogP contribution in [0.25, 0.3) is 10.9 Å². The van der Waals surface area contributed by atoms with Gasteiger partial charge in [0.15, 0.2) is 0 Å². The van der Waals surface area contributed by atoms with Gasteiger partial charge in [-0.25, -0.2) is 4.98 Å². The third-order valence-corrected chi connectivity index (χ3v) is 3.79. The summed E-state index contributed by atoms with van der Waals surface area (Å²) in [4.78, 5) is 6.71. The van der Waals surface area contributed by atoms with Gasteiger partial charge in [-0.2, -0.15) is 0 Å². The van der Waals surface area contributed by atoms with Gasteiger partial charge < -0.3 is 15.0 Å². The molecule has 0 radical (unpaired) electrons. The van der Waals surface area contributed by atoms with Crippen LogP contribution in [0.4, 0.5) is 17.1 Å². The van der Waals surface area contributed by atoms with Crippen molar-refractivity contribution in [1.82, 2.24) is 4.98 Å². The van der Waals surface area contributed by atoms with Gasteiger partial charge in [-0.1, -0.05) is 18.2 Å². The standard InChI is InChI=1S/C19H21N3O/c1-13-11-17(16-9-6-10-18(23-4)19(16)20-13)21-14-7-5-8-15(12-14)22(2)3/h5-12H,1-4H3,(H,20,21). The van der Waals surface area contributed by atoms with Gasteiger partial charge in [-0.3, -0.25) is 0 Å². The number of para-hydroxylation sites is 1.